The standard InChI is InChI=1S/C13H20FNO2/c1-9(2)15-8-13(3,16)10-6-5-7-11(17-4)12(10)14/h5-7,9,15-16H,8H2,1-4H3. The molecule has 0 saturated carbocycles. The molecule has 0 radical (unpaired) electrons. The molecular weight excluding hydrogens is 221 g/mol. The lowest BCUT2D eigenvalue weighted by Gasteiger charge is -2.26. The van der Waals surface area contributed by atoms with E-state index in [0.717, 1.165) is 0 Å². The summed E-state index contributed by atoms with van der Waals surface area (Å²) in [6.07, 6.45) is 0. The second-order valence-corrected chi connectivity index (χ2v) is 4.63. The van der Waals surface area contributed by atoms with Crippen molar-refractivity contribution in [1.29, 1.82) is 0 Å². The molecule has 4 heteroatoms. The van der Waals surface area contributed by atoms with Gasteiger partial charge in [0.1, 0.15) is 5.60 Å². The lowest BCUT2D eigenvalue weighted by Crippen LogP contribution is -2.39. The van der Waals surface area contributed by atoms with Crippen molar-refractivity contribution < 1.29 is 14.2 Å². The highest BCUT2D eigenvalue weighted by molar-refractivity contribution is 5.34. The molecule has 0 spiro atoms. The molecular formula is C13H20FNO2. The van der Waals surface area contributed by atoms with Gasteiger partial charge < -0.3 is 15.2 Å². The van der Waals surface area contributed by atoms with Gasteiger partial charge in [0.25, 0.3) is 0 Å². The Morgan fingerprint density at radius 2 is 2.12 bits per heavy atom. The van der Waals surface area contributed by atoms with E-state index >= 15 is 0 Å². The Kier molecular flexibility index (Phi) is 4.48. The van der Waals surface area contributed by atoms with Crippen LogP contribution in [0.3, 0.4) is 0 Å². The highest BCUT2D eigenvalue weighted by atomic mass is 19.1. The summed E-state index contributed by atoms with van der Waals surface area (Å²) in [7, 11) is 1.41. The molecule has 3 nitrogen and oxygen atoms in total. The Morgan fingerprint density at radius 1 is 1.47 bits per heavy atom. The fourth-order valence-electron chi connectivity index (χ4n) is 1.58. The molecule has 0 amide bonds. The number of methoxy groups -OCH3 is 1. The number of ether oxygens (including phenoxy) is 1. The maximum atomic E-state index is 14.0. The molecule has 1 unspecified atom stereocenters. The van der Waals surface area contributed by atoms with Gasteiger partial charge in [0.2, 0.25) is 0 Å². The van der Waals surface area contributed by atoms with Crippen LogP contribution in [0.4, 0.5) is 4.39 Å². The summed E-state index contributed by atoms with van der Waals surface area (Å²) in [5.74, 6) is -0.363. The number of rotatable bonds is 5. The molecule has 2 N–H and O–H groups in total. The first-order chi connectivity index (χ1) is 7.88. The number of halogens is 1. The summed E-state index contributed by atoms with van der Waals surface area (Å²) in [5, 5.41) is 13.4. The topological polar surface area (TPSA) is 41.5 Å². The maximum Gasteiger partial charge on any atom is 0.171 e. The van der Waals surface area contributed by atoms with Crippen molar-refractivity contribution in [3.8, 4) is 5.75 Å². The minimum Gasteiger partial charge on any atom is -0.494 e. The number of hydrogen-bond acceptors (Lipinski definition) is 3. The van der Waals surface area contributed by atoms with E-state index in [-0.39, 0.29) is 23.9 Å². The van der Waals surface area contributed by atoms with Crippen LogP contribution in [-0.4, -0.2) is 24.8 Å². The van der Waals surface area contributed by atoms with E-state index < -0.39 is 11.4 Å². The lowest BCUT2D eigenvalue weighted by atomic mass is 9.95. The molecule has 1 rings (SSSR count). The molecule has 1 atom stereocenters. The van der Waals surface area contributed by atoms with Crippen LogP contribution in [0.25, 0.3) is 0 Å². The predicted octanol–water partition coefficient (Wildman–Crippen LogP) is 2.04. The number of benzene rings is 1. The van der Waals surface area contributed by atoms with Crippen molar-refractivity contribution in [1.82, 2.24) is 5.32 Å². The third-order valence-corrected chi connectivity index (χ3v) is 2.62. The zero-order chi connectivity index (χ0) is 13.1. The Labute approximate surface area is 102 Å². The highest BCUT2D eigenvalue weighted by Gasteiger charge is 2.28. The summed E-state index contributed by atoms with van der Waals surface area (Å²) in [6, 6.07) is 5.00. The lowest BCUT2D eigenvalue weighted by molar-refractivity contribution is 0.0507. The van der Waals surface area contributed by atoms with Crippen LogP contribution in [-0.2, 0) is 5.60 Å². The Hall–Kier alpha value is -1.13. The van der Waals surface area contributed by atoms with Crippen LogP contribution in [0.2, 0.25) is 0 Å². The first kappa shape index (κ1) is 13.9. The summed E-state index contributed by atoms with van der Waals surface area (Å²) in [4.78, 5) is 0. The summed E-state index contributed by atoms with van der Waals surface area (Å²) >= 11 is 0. The number of nitrogens with one attached hydrogen (secondary N) is 1. The monoisotopic (exact) mass is 241 g/mol. The predicted molar refractivity (Wildman–Crippen MR) is 65.7 cm³/mol. The Bertz CT molecular complexity index is 378. The quantitative estimate of drug-likeness (QED) is 0.829. The van der Waals surface area contributed by atoms with Crippen LogP contribution >= 0.6 is 0 Å². The van der Waals surface area contributed by atoms with Crippen molar-refractivity contribution in [3.05, 3.63) is 29.6 Å². The van der Waals surface area contributed by atoms with E-state index in [2.05, 4.69) is 5.32 Å². The number of hydrogen-bond donors (Lipinski definition) is 2. The van der Waals surface area contributed by atoms with E-state index in [1.165, 1.54) is 13.2 Å². The first-order valence-corrected chi connectivity index (χ1v) is 5.67. The van der Waals surface area contributed by atoms with Crippen LogP contribution in [0.5, 0.6) is 5.75 Å². The fraction of sp³-hybridized carbons (Fsp3) is 0.538. The van der Waals surface area contributed by atoms with Gasteiger partial charge in [-0.2, -0.15) is 0 Å². The Balaban J connectivity index is 2.97. The summed E-state index contributed by atoms with van der Waals surface area (Å²) in [6.45, 7) is 5.81. The van der Waals surface area contributed by atoms with E-state index in [1.54, 1.807) is 19.1 Å². The van der Waals surface area contributed by atoms with Gasteiger partial charge in [0.05, 0.1) is 7.11 Å². The zero-order valence-electron chi connectivity index (χ0n) is 10.7. The van der Waals surface area contributed by atoms with Gasteiger partial charge in [-0.15, -0.1) is 0 Å². The van der Waals surface area contributed by atoms with E-state index in [0.29, 0.717) is 0 Å². The van der Waals surface area contributed by atoms with Gasteiger partial charge in [-0.25, -0.2) is 4.39 Å². The van der Waals surface area contributed by atoms with Gasteiger partial charge in [-0.05, 0) is 13.0 Å². The summed E-state index contributed by atoms with van der Waals surface area (Å²) in [5.41, 5.74) is -1.02. The zero-order valence-corrected chi connectivity index (χ0v) is 10.7. The fourth-order valence-corrected chi connectivity index (χ4v) is 1.58. The van der Waals surface area contributed by atoms with Crippen LogP contribution in [0, 0.1) is 5.82 Å². The van der Waals surface area contributed by atoms with Crippen molar-refractivity contribution in [3.63, 3.8) is 0 Å². The molecule has 1 aromatic carbocycles. The minimum atomic E-state index is -1.26. The van der Waals surface area contributed by atoms with Crippen molar-refractivity contribution in [2.45, 2.75) is 32.4 Å². The molecule has 1 aromatic rings. The van der Waals surface area contributed by atoms with Crippen LogP contribution in [0.15, 0.2) is 18.2 Å². The van der Waals surface area contributed by atoms with Gasteiger partial charge in [0, 0.05) is 18.2 Å². The molecule has 0 saturated heterocycles. The van der Waals surface area contributed by atoms with Gasteiger partial charge in [0.15, 0.2) is 11.6 Å². The first-order valence-electron chi connectivity index (χ1n) is 5.67. The molecule has 0 aromatic heterocycles. The molecule has 0 fully saturated rings. The van der Waals surface area contributed by atoms with Gasteiger partial charge >= 0.3 is 0 Å². The molecule has 96 valence electrons. The molecule has 0 aliphatic carbocycles. The number of aliphatic hydroxyl groups is 1. The van der Waals surface area contributed by atoms with Gasteiger partial charge in [-0.3, -0.25) is 0 Å². The largest absolute Gasteiger partial charge is 0.494 e. The molecule has 17 heavy (non-hydrogen) atoms. The van der Waals surface area contributed by atoms with Crippen molar-refractivity contribution in [2.75, 3.05) is 13.7 Å². The van der Waals surface area contributed by atoms with Crippen LogP contribution in [0.1, 0.15) is 26.3 Å². The maximum absolute atomic E-state index is 14.0. The average Bonchev–Trinajstić information content (AvgIpc) is 2.26. The molecule has 0 aliphatic heterocycles. The normalized spacial score (nSPS) is 14.8. The van der Waals surface area contributed by atoms with Crippen molar-refractivity contribution >= 4 is 0 Å². The highest BCUT2D eigenvalue weighted by Crippen LogP contribution is 2.28. The third kappa shape index (κ3) is 3.41. The second-order valence-electron chi connectivity index (χ2n) is 4.63. The SMILES string of the molecule is COc1cccc(C(C)(O)CNC(C)C)c1F. The average molecular weight is 241 g/mol. The van der Waals surface area contributed by atoms with Crippen LogP contribution < -0.4 is 10.1 Å². The van der Waals surface area contributed by atoms with E-state index in [9.17, 15) is 9.50 Å². The smallest absolute Gasteiger partial charge is 0.171 e. The van der Waals surface area contributed by atoms with E-state index in [4.69, 9.17) is 4.74 Å². The second kappa shape index (κ2) is 5.47. The summed E-state index contributed by atoms with van der Waals surface area (Å²) < 4.78 is 18.9. The molecule has 0 bridgehead atoms. The van der Waals surface area contributed by atoms with E-state index in [1.807, 2.05) is 13.8 Å². The molecule has 0 aliphatic rings. The van der Waals surface area contributed by atoms with Gasteiger partial charge in [-0.1, -0.05) is 26.0 Å². The third-order valence-electron chi connectivity index (χ3n) is 2.62. The molecule has 0 heterocycles. The van der Waals surface area contributed by atoms with Crippen molar-refractivity contribution in [2.24, 2.45) is 0 Å². The minimum absolute atomic E-state index is 0.146. The Morgan fingerprint density at radius 3 is 2.65 bits per heavy atom.